The molecule has 0 bridgehead atoms. The van der Waals surface area contributed by atoms with Gasteiger partial charge in [-0.25, -0.2) is 4.98 Å². The predicted molar refractivity (Wildman–Crippen MR) is 105 cm³/mol. The number of aromatic nitrogens is 1. The number of hydrogen-bond donors (Lipinski definition) is 0. The second-order valence-corrected chi connectivity index (χ2v) is 8.11. The van der Waals surface area contributed by atoms with Gasteiger partial charge in [-0.2, -0.15) is 5.26 Å². The smallest absolute Gasteiger partial charge is 0.303 e. The van der Waals surface area contributed by atoms with Crippen molar-refractivity contribution in [2.45, 2.75) is 56.5 Å². The fourth-order valence-electron chi connectivity index (χ4n) is 2.94. The molecule has 0 saturated carbocycles. The number of thioether (sulfide) groups is 1. The highest BCUT2D eigenvalue weighted by Crippen LogP contribution is 2.39. The Kier molecular flexibility index (Phi) is 8.46. The minimum atomic E-state index is -0.805. The van der Waals surface area contributed by atoms with Gasteiger partial charge in [0.05, 0.1) is 10.6 Å². The molecule has 11 heteroatoms. The van der Waals surface area contributed by atoms with E-state index in [2.05, 4.69) is 4.98 Å². The normalized spacial score (nSPS) is 25.7. The van der Waals surface area contributed by atoms with Gasteiger partial charge >= 0.3 is 17.9 Å². The summed E-state index contributed by atoms with van der Waals surface area (Å²) in [6.45, 7) is 5.36. The number of nitrogens with zero attached hydrogens (tertiary/aromatic N) is 2. The summed E-state index contributed by atoms with van der Waals surface area (Å²) >= 11 is 7.20. The van der Waals surface area contributed by atoms with Crippen molar-refractivity contribution in [3.8, 4) is 6.07 Å². The van der Waals surface area contributed by atoms with Crippen molar-refractivity contribution >= 4 is 41.3 Å². The van der Waals surface area contributed by atoms with Crippen LogP contribution in [-0.4, -0.2) is 53.2 Å². The molecule has 1 aromatic heterocycles. The van der Waals surface area contributed by atoms with E-state index >= 15 is 0 Å². The van der Waals surface area contributed by atoms with Gasteiger partial charge in [-0.3, -0.25) is 14.4 Å². The van der Waals surface area contributed by atoms with E-state index in [1.807, 2.05) is 6.07 Å². The summed E-state index contributed by atoms with van der Waals surface area (Å²) in [5.74, 6) is -2.07. The van der Waals surface area contributed by atoms with Crippen LogP contribution in [0.2, 0.25) is 5.02 Å². The molecule has 0 spiro atoms. The number of carbonyl (C=O) groups excluding carboxylic acids is 3. The molecule has 2 rings (SSSR count). The van der Waals surface area contributed by atoms with Crippen LogP contribution in [0.1, 0.15) is 33.3 Å². The minimum Gasteiger partial charge on any atom is -0.463 e. The van der Waals surface area contributed by atoms with Crippen LogP contribution in [0.25, 0.3) is 0 Å². The Morgan fingerprint density at radius 1 is 1.20 bits per heavy atom. The summed E-state index contributed by atoms with van der Waals surface area (Å²) < 4.78 is 21.9. The third kappa shape index (κ3) is 6.32. The SMILES string of the molecule is CC(=O)OCC1O[C@H](Sc2cc(Cl)c(C#N)cn2)C(OC(C)=O)C(C)[C@H]1OC(C)=O. The van der Waals surface area contributed by atoms with Crippen LogP contribution in [0.3, 0.4) is 0 Å². The molecule has 0 aliphatic carbocycles. The second-order valence-electron chi connectivity index (χ2n) is 6.58. The molecule has 0 N–H and O–H groups in total. The monoisotopic (exact) mass is 456 g/mol. The van der Waals surface area contributed by atoms with Crippen LogP contribution >= 0.6 is 23.4 Å². The number of pyridine rings is 1. The van der Waals surface area contributed by atoms with Gasteiger partial charge < -0.3 is 18.9 Å². The highest BCUT2D eigenvalue weighted by molar-refractivity contribution is 7.99. The van der Waals surface area contributed by atoms with E-state index in [0.29, 0.717) is 5.03 Å². The first kappa shape index (κ1) is 23.9. The number of nitriles is 1. The lowest BCUT2D eigenvalue weighted by Gasteiger charge is -2.43. The van der Waals surface area contributed by atoms with Crippen molar-refractivity contribution in [2.24, 2.45) is 5.92 Å². The summed E-state index contributed by atoms with van der Waals surface area (Å²) in [6.07, 6.45) is -1.05. The first-order valence-corrected chi connectivity index (χ1v) is 10.2. The molecule has 1 aliphatic heterocycles. The van der Waals surface area contributed by atoms with Gasteiger partial charge in [0.25, 0.3) is 0 Å². The summed E-state index contributed by atoms with van der Waals surface area (Å²) in [5.41, 5.74) is -0.536. The molecule has 162 valence electrons. The van der Waals surface area contributed by atoms with Crippen molar-refractivity contribution in [1.29, 1.82) is 5.26 Å². The van der Waals surface area contributed by atoms with E-state index in [1.54, 1.807) is 6.92 Å². The topological polar surface area (TPSA) is 125 Å². The summed E-state index contributed by atoms with van der Waals surface area (Å²) in [7, 11) is 0. The molecular weight excluding hydrogens is 436 g/mol. The van der Waals surface area contributed by atoms with E-state index in [-0.39, 0.29) is 17.2 Å². The molecule has 9 nitrogen and oxygen atoms in total. The first-order chi connectivity index (χ1) is 14.1. The Balaban J connectivity index is 2.33. The Bertz CT molecular complexity index is 858. The van der Waals surface area contributed by atoms with Crippen molar-refractivity contribution in [3.63, 3.8) is 0 Å². The zero-order valence-corrected chi connectivity index (χ0v) is 18.4. The maximum absolute atomic E-state index is 11.7. The van der Waals surface area contributed by atoms with E-state index in [9.17, 15) is 14.4 Å². The van der Waals surface area contributed by atoms with E-state index in [4.69, 9.17) is 35.8 Å². The Labute approximate surface area is 183 Å². The second kappa shape index (κ2) is 10.6. The average molecular weight is 457 g/mol. The van der Waals surface area contributed by atoms with Gasteiger partial charge in [-0.05, 0) is 6.07 Å². The molecular formula is C19H21ClN2O7S. The molecule has 30 heavy (non-hydrogen) atoms. The predicted octanol–water partition coefficient (Wildman–Crippen LogP) is 2.49. The van der Waals surface area contributed by atoms with Gasteiger partial charge in [0.2, 0.25) is 0 Å². The van der Waals surface area contributed by atoms with Crippen LogP contribution in [-0.2, 0) is 33.3 Å². The molecule has 1 fully saturated rings. The van der Waals surface area contributed by atoms with Crippen molar-refractivity contribution < 1.29 is 33.3 Å². The number of halogens is 1. The number of carbonyl (C=O) groups is 3. The third-order valence-electron chi connectivity index (χ3n) is 4.22. The molecule has 1 aliphatic rings. The van der Waals surface area contributed by atoms with Gasteiger partial charge in [0.1, 0.15) is 41.4 Å². The molecule has 1 saturated heterocycles. The van der Waals surface area contributed by atoms with Crippen molar-refractivity contribution in [1.82, 2.24) is 4.98 Å². The Hall–Kier alpha value is -2.35. The Morgan fingerprint density at radius 2 is 1.83 bits per heavy atom. The summed E-state index contributed by atoms with van der Waals surface area (Å²) in [5, 5.41) is 9.66. The van der Waals surface area contributed by atoms with E-state index in [1.165, 1.54) is 33.0 Å². The largest absolute Gasteiger partial charge is 0.463 e. The standard InChI is InChI=1S/C19H21ClN2O7S/c1-9-17(27-11(3)24)15(8-26-10(2)23)29-19(18(9)28-12(4)25)30-16-5-14(20)13(6-21)7-22-16/h5,7,9,15,17-19H,8H2,1-4H3/t9?,15?,17-,18?,19-/m1/s1. The molecule has 3 unspecified atom stereocenters. The van der Waals surface area contributed by atoms with Gasteiger partial charge in [0, 0.05) is 32.9 Å². The summed E-state index contributed by atoms with van der Waals surface area (Å²) in [6, 6.07) is 3.43. The highest BCUT2D eigenvalue weighted by Gasteiger charge is 2.48. The maximum Gasteiger partial charge on any atom is 0.303 e. The average Bonchev–Trinajstić information content (AvgIpc) is 2.65. The number of hydrogen-bond acceptors (Lipinski definition) is 10. The number of rotatable bonds is 6. The van der Waals surface area contributed by atoms with E-state index < -0.39 is 47.6 Å². The number of ether oxygens (including phenoxy) is 4. The lowest BCUT2D eigenvalue weighted by Crippen LogP contribution is -2.56. The van der Waals surface area contributed by atoms with Crippen LogP contribution in [0.5, 0.6) is 0 Å². The van der Waals surface area contributed by atoms with Gasteiger partial charge in [-0.15, -0.1) is 0 Å². The maximum atomic E-state index is 11.7. The minimum absolute atomic E-state index is 0.150. The third-order valence-corrected chi connectivity index (χ3v) is 5.61. The van der Waals surface area contributed by atoms with Crippen LogP contribution in [0, 0.1) is 17.2 Å². The fraction of sp³-hybridized carbons (Fsp3) is 0.526. The molecule has 0 radical (unpaired) electrons. The lowest BCUT2D eigenvalue weighted by atomic mass is 9.91. The van der Waals surface area contributed by atoms with Crippen molar-refractivity contribution in [2.75, 3.05) is 6.61 Å². The number of esters is 3. The zero-order valence-electron chi connectivity index (χ0n) is 16.8. The van der Waals surface area contributed by atoms with Gasteiger partial charge in [0.15, 0.2) is 0 Å². The quantitative estimate of drug-likeness (QED) is 0.465. The molecule has 5 atom stereocenters. The first-order valence-electron chi connectivity index (χ1n) is 8.98. The molecule has 2 heterocycles. The van der Waals surface area contributed by atoms with Crippen molar-refractivity contribution in [3.05, 3.63) is 22.8 Å². The van der Waals surface area contributed by atoms with Crippen LogP contribution < -0.4 is 0 Å². The molecule has 1 aromatic rings. The van der Waals surface area contributed by atoms with E-state index in [0.717, 1.165) is 11.8 Å². The highest BCUT2D eigenvalue weighted by atomic mass is 35.5. The fourth-order valence-corrected chi connectivity index (χ4v) is 4.37. The van der Waals surface area contributed by atoms with Crippen LogP contribution in [0.4, 0.5) is 0 Å². The Morgan fingerprint density at radius 3 is 2.37 bits per heavy atom. The lowest BCUT2D eigenvalue weighted by molar-refractivity contribution is -0.212. The zero-order chi connectivity index (χ0) is 22.4. The molecule has 0 aromatic carbocycles. The van der Waals surface area contributed by atoms with Crippen LogP contribution in [0.15, 0.2) is 17.3 Å². The van der Waals surface area contributed by atoms with Gasteiger partial charge in [-0.1, -0.05) is 30.3 Å². The molecule has 0 amide bonds. The summed E-state index contributed by atoms with van der Waals surface area (Å²) in [4.78, 5) is 38.7.